The maximum absolute atomic E-state index is 5.94. The van der Waals surface area contributed by atoms with Gasteiger partial charge in [0.1, 0.15) is 5.75 Å². The van der Waals surface area contributed by atoms with E-state index in [1.165, 1.54) is 0 Å². The number of rotatable bonds is 5. The van der Waals surface area contributed by atoms with Crippen molar-refractivity contribution in [3.8, 4) is 11.6 Å². The predicted molar refractivity (Wildman–Crippen MR) is 80.8 cm³/mol. The Hall–Kier alpha value is -1.10. The van der Waals surface area contributed by atoms with Crippen molar-refractivity contribution in [2.75, 3.05) is 6.54 Å². The molecule has 3 nitrogen and oxygen atoms in total. The van der Waals surface area contributed by atoms with Crippen LogP contribution in [-0.4, -0.2) is 11.5 Å². The third-order valence-corrected chi connectivity index (χ3v) is 3.14. The minimum absolute atomic E-state index is 0.589. The van der Waals surface area contributed by atoms with Gasteiger partial charge in [0.15, 0.2) is 0 Å². The highest BCUT2D eigenvalue weighted by atomic mass is 79.9. The largest absolute Gasteiger partial charge is 0.439 e. The van der Waals surface area contributed by atoms with Gasteiger partial charge in [-0.3, -0.25) is 0 Å². The van der Waals surface area contributed by atoms with E-state index in [0.29, 0.717) is 23.2 Å². The van der Waals surface area contributed by atoms with E-state index in [1.54, 1.807) is 12.3 Å². The fourth-order valence-electron chi connectivity index (χ4n) is 1.59. The van der Waals surface area contributed by atoms with E-state index in [1.807, 2.05) is 24.3 Å². The van der Waals surface area contributed by atoms with Gasteiger partial charge < -0.3 is 10.1 Å². The molecule has 0 bridgehead atoms. The van der Waals surface area contributed by atoms with Crippen LogP contribution < -0.4 is 10.1 Å². The van der Waals surface area contributed by atoms with Crippen molar-refractivity contribution in [2.24, 2.45) is 0 Å². The van der Waals surface area contributed by atoms with Gasteiger partial charge in [-0.2, -0.15) is 0 Å². The molecule has 2 aromatic rings. The molecule has 0 amide bonds. The number of nitrogens with zero attached hydrogens (tertiary/aromatic N) is 1. The van der Waals surface area contributed by atoms with Crippen LogP contribution >= 0.6 is 27.5 Å². The molecule has 2 rings (SSSR count). The Labute approximate surface area is 126 Å². The number of ether oxygens (including phenoxy) is 1. The van der Waals surface area contributed by atoms with E-state index < -0.39 is 0 Å². The first kappa shape index (κ1) is 14.3. The van der Waals surface area contributed by atoms with Gasteiger partial charge in [0.25, 0.3) is 0 Å². The zero-order chi connectivity index (χ0) is 13.7. The topological polar surface area (TPSA) is 34.2 Å². The van der Waals surface area contributed by atoms with E-state index in [2.05, 4.69) is 33.2 Å². The van der Waals surface area contributed by atoms with Crippen molar-refractivity contribution in [1.29, 1.82) is 0 Å². The van der Waals surface area contributed by atoms with Crippen molar-refractivity contribution in [3.05, 3.63) is 51.6 Å². The number of aromatic nitrogens is 1. The monoisotopic (exact) mass is 340 g/mol. The molecule has 0 saturated heterocycles. The first-order valence-electron chi connectivity index (χ1n) is 5.97. The van der Waals surface area contributed by atoms with Crippen LogP contribution in [0.15, 0.2) is 41.0 Å². The summed E-state index contributed by atoms with van der Waals surface area (Å²) < 4.78 is 6.72. The summed E-state index contributed by atoms with van der Waals surface area (Å²) in [6, 6.07) is 9.27. The summed E-state index contributed by atoms with van der Waals surface area (Å²) in [5, 5.41) is 3.90. The summed E-state index contributed by atoms with van der Waals surface area (Å²) in [4.78, 5) is 4.30. The van der Waals surface area contributed by atoms with E-state index >= 15 is 0 Å². The second-order valence-electron chi connectivity index (χ2n) is 3.96. The van der Waals surface area contributed by atoms with Crippen LogP contribution in [0.2, 0.25) is 5.02 Å². The van der Waals surface area contributed by atoms with Gasteiger partial charge in [-0.1, -0.05) is 24.6 Å². The molecule has 1 heterocycles. The fraction of sp³-hybridized carbons (Fsp3) is 0.214. The lowest BCUT2D eigenvalue weighted by atomic mass is 10.2. The second kappa shape index (κ2) is 6.89. The maximum atomic E-state index is 5.94. The molecule has 1 aromatic carbocycles. The van der Waals surface area contributed by atoms with Crippen LogP contribution in [-0.2, 0) is 6.54 Å². The Bertz CT molecular complexity index is 563. The van der Waals surface area contributed by atoms with Crippen LogP contribution in [0.4, 0.5) is 0 Å². The highest BCUT2D eigenvalue weighted by Gasteiger charge is 2.07. The molecule has 0 atom stereocenters. The number of hydrogen-bond acceptors (Lipinski definition) is 3. The first-order chi connectivity index (χ1) is 9.19. The highest BCUT2D eigenvalue weighted by molar-refractivity contribution is 9.10. The minimum Gasteiger partial charge on any atom is -0.439 e. The zero-order valence-electron chi connectivity index (χ0n) is 10.5. The van der Waals surface area contributed by atoms with Gasteiger partial charge >= 0.3 is 0 Å². The predicted octanol–water partition coefficient (Wildman–Crippen LogP) is 4.40. The van der Waals surface area contributed by atoms with Crippen molar-refractivity contribution in [3.63, 3.8) is 0 Å². The van der Waals surface area contributed by atoms with E-state index in [4.69, 9.17) is 16.3 Å². The number of nitrogens with one attached hydrogen (secondary N) is 1. The lowest BCUT2D eigenvalue weighted by Crippen LogP contribution is -2.12. The van der Waals surface area contributed by atoms with Gasteiger partial charge in [-0.25, -0.2) is 4.98 Å². The molecule has 0 aliphatic heterocycles. The van der Waals surface area contributed by atoms with E-state index in [-0.39, 0.29) is 0 Å². The Morgan fingerprint density at radius 2 is 2.21 bits per heavy atom. The normalized spacial score (nSPS) is 10.5. The Morgan fingerprint density at radius 3 is 2.95 bits per heavy atom. The number of hydrogen-bond donors (Lipinski definition) is 1. The quantitative estimate of drug-likeness (QED) is 0.875. The molecule has 0 aliphatic rings. The lowest BCUT2D eigenvalue weighted by molar-refractivity contribution is 0.453. The molecule has 1 aromatic heterocycles. The SMILES string of the molecule is CCNCc1cc(Br)cnc1Oc1cccc(Cl)c1. The third-order valence-electron chi connectivity index (χ3n) is 2.47. The summed E-state index contributed by atoms with van der Waals surface area (Å²) in [5.41, 5.74) is 0.996. The summed E-state index contributed by atoms with van der Waals surface area (Å²) >= 11 is 9.36. The smallest absolute Gasteiger partial charge is 0.223 e. The van der Waals surface area contributed by atoms with Gasteiger partial charge in [-0.05, 0) is 46.7 Å². The molecule has 0 saturated carbocycles. The van der Waals surface area contributed by atoms with Gasteiger partial charge in [0.2, 0.25) is 5.88 Å². The van der Waals surface area contributed by atoms with Crippen LogP contribution in [0.1, 0.15) is 12.5 Å². The molecule has 5 heteroatoms. The molecule has 1 N–H and O–H groups in total. The molecule has 100 valence electrons. The molecule has 0 unspecified atom stereocenters. The average molecular weight is 342 g/mol. The summed E-state index contributed by atoms with van der Waals surface area (Å²) in [5.74, 6) is 1.27. The van der Waals surface area contributed by atoms with Crippen molar-refractivity contribution < 1.29 is 4.74 Å². The zero-order valence-corrected chi connectivity index (χ0v) is 12.8. The van der Waals surface area contributed by atoms with Gasteiger partial charge in [-0.15, -0.1) is 0 Å². The molecule has 0 spiro atoms. The molecule has 0 aliphatic carbocycles. The average Bonchev–Trinajstić information content (AvgIpc) is 2.39. The molecule has 0 radical (unpaired) electrons. The summed E-state index contributed by atoms with van der Waals surface area (Å²) in [6.45, 7) is 3.66. The molecular weight excluding hydrogens is 328 g/mol. The Kier molecular flexibility index (Phi) is 5.19. The Balaban J connectivity index is 2.23. The third kappa shape index (κ3) is 4.20. The lowest BCUT2D eigenvalue weighted by Gasteiger charge is -2.11. The van der Waals surface area contributed by atoms with E-state index in [0.717, 1.165) is 16.6 Å². The van der Waals surface area contributed by atoms with Gasteiger partial charge in [0, 0.05) is 27.8 Å². The molecule has 0 fully saturated rings. The standard InChI is InChI=1S/C14H14BrClN2O/c1-2-17-8-10-6-11(15)9-18-14(10)19-13-5-3-4-12(16)7-13/h3-7,9,17H,2,8H2,1H3. The summed E-state index contributed by atoms with van der Waals surface area (Å²) in [6.07, 6.45) is 1.72. The molecular formula is C14H14BrClN2O. The fourth-order valence-corrected chi connectivity index (χ4v) is 2.15. The number of halogens is 2. The van der Waals surface area contributed by atoms with Crippen molar-refractivity contribution >= 4 is 27.5 Å². The van der Waals surface area contributed by atoms with Crippen LogP contribution in [0.5, 0.6) is 11.6 Å². The Morgan fingerprint density at radius 1 is 1.37 bits per heavy atom. The maximum Gasteiger partial charge on any atom is 0.223 e. The number of benzene rings is 1. The van der Waals surface area contributed by atoms with E-state index in [9.17, 15) is 0 Å². The summed E-state index contributed by atoms with van der Waals surface area (Å²) in [7, 11) is 0. The number of pyridine rings is 1. The van der Waals surface area contributed by atoms with Crippen molar-refractivity contribution in [2.45, 2.75) is 13.5 Å². The first-order valence-corrected chi connectivity index (χ1v) is 7.14. The van der Waals surface area contributed by atoms with Crippen molar-refractivity contribution in [1.82, 2.24) is 10.3 Å². The molecule has 19 heavy (non-hydrogen) atoms. The van der Waals surface area contributed by atoms with Crippen LogP contribution in [0.25, 0.3) is 0 Å². The van der Waals surface area contributed by atoms with Crippen LogP contribution in [0.3, 0.4) is 0 Å². The van der Waals surface area contributed by atoms with Gasteiger partial charge in [0.05, 0.1) is 0 Å². The highest BCUT2D eigenvalue weighted by Crippen LogP contribution is 2.27. The second-order valence-corrected chi connectivity index (χ2v) is 5.31. The van der Waals surface area contributed by atoms with Crippen LogP contribution in [0, 0.1) is 0 Å². The minimum atomic E-state index is 0.589.